The number of fused-ring (bicyclic) bond motifs is 1. The lowest BCUT2D eigenvalue weighted by molar-refractivity contribution is -0.0592. The lowest BCUT2D eigenvalue weighted by Gasteiger charge is -2.57. The molecule has 1 aliphatic heterocycles. The number of hydrogen-bond donors (Lipinski definition) is 1. The first kappa shape index (κ1) is 25.6. The van der Waals surface area contributed by atoms with Crippen molar-refractivity contribution in [3.63, 3.8) is 0 Å². The molecule has 0 spiro atoms. The zero-order valence-electron chi connectivity index (χ0n) is 21.3. The van der Waals surface area contributed by atoms with E-state index in [2.05, 4.69) is 5.32 Å². The van der Waals surface area contributed by atoms with Crippen LogP contribution in [-0.4, -0.2) is 55.9 Å². The Kier molecular flexibility index (Phi) is 6.64. The van der Waals surface area contributed by atoms with Crippen molar-refractivity contribution < 1.29 is 22.7 Å². The summed E-state index contributed by atoms with van der Waals surface area (Å²) in [6, 6.07) is 10.7. The summed E-state index contributed by atoms with van der Waals surface area (Å²) in [6.45, 7) is 0.784. The Balaban J connectivity index is 1.26. The first-order valence-corrected chi connectivity index (χ1v) is 15.1. The van der Waals surface area contributed by atoms with Gasteiger partial charge in [0.05, 0.1) is 18.8 Å². The van der Waals surface area contributed by atoms with E-state index in [4.69, 9.17) is 16.3 Å². The summed E-state index contributed by atoms with van der Waals surface area (Å²) in [5, 5.41) is 2.89. The first-order chi connectivity index (χ1) is 18.2. The van der Waals surface area contributed by atoms with Gasteiger partial charge < -0.3 is 15.0 Å². The number of rotatable bonds is 7. The molecule has 0 unspecified atom stereocenters. The van der Waals surface area contributed by atoms with Gasteiger partial charge >= 0.3 is 6.03 Å². The van der Waals surface area contributed by atoms with Gasteiger partial charge in [0.2, 0.25) is 0 Å². The summed E-state index contributed by atoms with van der Waals surface area (Å²) in [5.74, 6) is 2.60. The molecule has 38 heavy (non-hydrogen) atoms. The number of carbonyl (C=O) groups is 2. The molecule has 0 aromatic heterocycles. The number of nitrogens with zero attached hydrogens (tertiary/aromatic N) is 2. The van der Waals surface area contributed by atoms with Gasteiger partial charge in [0.15, 0.2) is 0 Å². The fraction of sp³-hybridized carbons (Fsp3) is 0.500. The van der Waals surface area contributed by atoms with Crippen molar-refractivity contribution in [2.45, 2.75) is 49.6 Å². The Morgan fingerprint density at radius 2 is 1.79 bits per heavy atom. The minimum Gasteiger partial charge on any atom is -0.383 e. The van der Waals surface area contributed by atoms with Crippen LogP contribution >= 0.6 is 11.6 Å². The minimum absolute atomic E-state index is 0.0514. The van der Waals surface area contributed by atoms with Crippen LogP contribution in [0.5, 0.6) is 0 Å². The number of sulfonamides is 1. The van der Waals surface area contributed by atoms with Gasteiger partial charge in [-0.3, -0.25) is 4.79 Å². The number of urea groups is 1. The summed E-state index contributed by atoms with van der Waals surface area (Å²) in [7, 11) is -2.47. The van der Waals surface area contributed by atoms with Gasteiger partial charge in [-0.25, -0.2) is 17.5 Å². The standard InChI is InChI=1S/C28H32ClN3O5S/c1-37-8-7-31(26-21-11-18-9-19(13-21)14-22(26)12-18)27(33)20-4-2-3-17(10-20)16-32-28(34)30-24-6-5-23(29)15-25(24)38(32,35)36/h2-6,10,15,18-19,21-22,26H,7-9,11-14,16H2,1H3,(H,30,34). The largest absolute Gasteiger partial charge is 0.383 e. The Hall–Kier alpha value is -2.62. The third-order valence-corrected chi connectivity index (χ3v) is 10.8. The highest BCUT2D eigenvalue weighted by Gasteiger charge is 2.51. The summed E-state index contributed by atoms with van der Waals surface area (Å²) >= 11 is 6.03. The smallest absolute Gasteiger partial charge is 0.336 e. The minimum atomic E-state index is -4.12. The molecule has 10 heteroatoms. The quantitative estimate of drug-likeness (QED) is 0.517. The van der Waals surface area contributed by atoms with Gasteiger partial charge in [0.1, 0.15) is 4.90 Å². The maximum Gasteiger partial charge on any atom is 0.336 e. The average molecular weight is 558 g/mol. The van der Waals surface area contributed by atoms with Gasteiger partial charge in [-0.15, -0.1) is 0 Å². The predicted molar refractivity (Wildman–Crippen MR) is 143 cm³/mol. The van der Waals surface area contributed by atoms with Crippen molar-refractivity contribution in [3.8, 4) is 0 Å². The van der Waals surface area contributed by atoms with Crippen molar-refractivity contribution in [2.24, 2.45) is 23.7 Å². The number of halogens is 1. The summed E-state index contributed by atoms with van der Waals surface area (Å²) in [5.41, 5.74) is 1.24. The molecule has 0 saturated heterocycles. The van der Waals surface area contributed by atoms with E-state index in [1.807, 2.05) is 4.90 Å². The molecule has 4 aliphatic carbocycles. The van der Waals surface area contributed by atoms with E-state index in [1.54, 1.807) is 31.4 Å². The number of hydrogen-bond acceptors (Lipinski definition) is 5. The van der Waals surface area contributed by atoms with Crippen molar-refractivity contribution in [2.75, 3.05) is 25.6 Å². The molecule has 3 amide bonds. The monoisotopic (exact) mass is 557 g/mol. The zero-order chi connectivity index (χ0) is 26.6. The molecule has 7 rings (SSSR count). The third kappa shape index (κ3) is 4.48. The lowest BCUT2D eigenvalue weighted by atomic mass is 9.54. The van der Waals surface area contributed by atoms with E-state index in [9.17, 15) is 18.0 Å². The molecule has 1 N–H and O–H groups in total. The fourth-order valence-corrected chi connectivity index (χ4v) is 9.22. The van der Waals surface area contributed by atoms with Gasteiger partial charge in [0.25, 0.3) is 15.9 Å². The molecule has 1 heterocycles. The van der Waals surface area contributed by atoms with Gasteiger partial charge in [0, 0.05) is 30.3 Å². The van der Waals surface area contributed by atoms with Crippen LogP contribution in [0.25, 0.3) is 0 Å². The molecule has 4 bridgehead atoms. The second-order valence-corrected chi connectivity index (χ2v) is 13.5. The summed E-state index contributed by atoms with van der Waals surface area (Å²) in [6.07, 6.45) is 6.13. The molecule has 0 atom stereocenters. The van der Waals surface area contributed by atoms with Crippen LogP contribution in [0, 0.1) is 23.7 Å². The molecule has 202 valence electrons. The zero-order valence-corrected chi connectivity index (χ0v) is 22.9. The van der Waals surface area contributed by atoms with Crippen LogP contribution in [0.15, 0.2) is 47.4 Å². The van der Waals surface area contributed by atoms with Crippen LogP contribution < -0.4 is 5.32 Å². The number of methoxy groups -OCH3 is 1. The molecule has 0 radical (unpaired) electrons. The molecule has 2 aromatic rings. The maximum atomic E-state index is 14.0. The van der Waals surface area contributed by atoms with Crippen LogP contribution in [0.3, 0.4) is 0 Å². The van der Waals surface area contributed by atoms with Crippen LogP contribution in [0.4, 0.5) is 10.5 Å². The normalized spacial score (nSPS) is 28.6. The molecule has 5 aliphatic rings. The topological polar surface area (TPSA) is 96.0 Å². The van der Waals surface area contributed by atoms with E-state index in [1.165, 1.54) is 50.3 Å². The maximum absolute atomic E-state index is 14.0. The third-order valence-electron chi connectivity index (χ3n) is 8.81. The van der Waals surface area contributed by atoms with Crippen molar-refractivity contribution >= 4 is 39.2 Å². The highest BCUT2D eigenvalue weighted by molar-refractivity contribution is 7.90. The summed E-state index contributed by atoms with van der Waals surface area (Å²) in [4.78, 5) is 28.7. The number of ether oxygens (including phenoxy) is 1. The Labute approximate surface area is 228 Å². The Morgan fingerprint density at radius 1 is 1.08 bits per heavy atom. The number of anilines is 1. The van der Waals surface area contributed by atoms with Crippen molar-refractivity contribution in [1.29, 1.82) is 0 Å². The molecule has 8 nitrogen and oxygen atoms in total. The van der Waals surface area contributed by atoms with Gasteiger partial charge in [-0.1, -0.05) is 23.7 Å². The highest BCUT2D eigenvalue weighted by atomic mass is 35.5. The first-order valence-electron chi connectivity index (χ1n) is 13.3. The van der Waals surface area contributed by atoms with E-state index in [0.29, 0.717) is 36.1 Å². The number of amides is 3. The van der Waals surface area contributed by atoms with Gasteiger partial charge in [-0.05, 0) is 91.7 Å². The predicted octanol–water partition coefficient (Wildman–Crippen LogP) is 4.99. The SMILES string of the molecule is COCCN(C(=O)c1cccc(CN2C(=O)Nc3ccc(Cl)cc3S2(=O)=O)c1)C1C2CC3CC(C2)CC1C3. The van der Waals surface area contributed by atoms with E-state index in [0.717, 1.165) is 16.1 Å². The van der Waals surface area contributed by atoms with Crippen LogP contribution in [0.1, 0.15) is 48.0 Å². The van der Waals surface area contributed by atoms with E-state index < -0.39 is 16.1 Å². The summed E-state index contributed by atoms with van der Waals surface area (Å²) < 4.78 is 32.7. The van der Waals surface area contributed by atoms with Crippen molar-refractivity contribution in [3.05, 3.63) is 58.6 Å². The lowest BCUT2D eigenvalue weighted by Crippen LogP contribution is -2.58. The molecular formula is C28H32ClN3O5S. The Morgan fingerprint density at radius 3 is 2.47 bits per heavy atom. The van der Waals surface area contributed by atoms with Gasteiger partial charge in [-0.2, -0.15) is 0 Å². The Bertz CT molecular complexity index is 1350. The fourth-order valence-electron chi connectivity index (χ4n) is 7.49. The second-order valence-electron chi connectivity index (χ2n) is 11.2. The second kappa shape index (κ2) is 9.84. The number of nitrogens with one attached hydrogen (secondary N) is 1. The average Bonchev–Trinajstić information content (AvgIpc) is 2.88. The number of benzene rings is 2. The highest BCUT2D eigenvalue weighted by Crippen LogP contribution is 2.55. The van der Waals surface area contributed by atoms with E-state index in [-0.39, 0.29) is 34.1 Å². The molecule has 2 aromatic carbocycles. The van der Waals surface area contributed by atoms with Crippen LogP contribution in [-0.2, 0) is 21.3 Å². The van der Waals surface area contributed by atoms with Crippen LogP contribution in [0.2, 0.25) is 5.02 Å². The molecule has 4 fully saturated rings. The molecular weight excluding hydrogens is 526 g/mol. The molecule has 4 saturated carbocycles. The van der Waals surface area contributed by atoms with Crippen molar-refractivity contribution in [1.82, 2.24) is 9.21 Å². The van der Waals surface area contributed by atoms with E-state index >= 15 is 0 Å². The number of carbonyl (C=O) groups excluding carboxylic acids is 2.